The van der Waals surface area contributed by atoms with Crippen LogP contribution in [0, 0.1) is 17.6 Å². The molecule has 0 aromatic heterocycles. The van der Waals surface area contributed by atoms with Gasteiger partial charge in [-0.3, -0.25) is 4.79 Å². The van der Waals surface area contributed by atoms with Crippen LogP contribution < -0.4 is 0 Å². The summed E-state index contributed by atoms with van der Waals surface area (Å²) in [5.74, 6) is -0.554. The van der Waals surface area contributed by atoms with Crippen LogP contribution in [0.25, 0.3) is 0 Å². The van der Waals surface area contributed by atoms with E-state index < -0.39 is 5.97 Å². The molecule has 0 N–H and O–H groups in total. The highest BCUT2D eigenvalue weighted by Crippen LogP contribution is 2.06. The summed E-state index contributed by atoms with van der Waals surface area (Å²) >= 11 is 0. The molecule has 1 radical (unpaired) electrons. The molecule has 0 amide bonds. The number of hydrogen-bond acceptors (Lipinski definition) is 4. The highest BCUT2D eigenvalue weighted by Gasteiger charge is 2.15. The van der Waals surface area contributed by atoms with Crippen LogP contribution in [0.1, 0.15) is 20.8 Å². The fourth-order valence-electron chi connectivity index (χ4n) is 0.418. The van der Waals surface area contributed by atoms with E-state index in [4.69, 9.17) is 10.00 Å². The van der Waals surface area contributed by atoms with Crippen LogP contribution in [0.3, 0.4) is 0 Å². The molecular formula is C7H10NO3. The Morgan fingerprint density at radius 2 is 2.09 bits per heavy atom. The molecule has 61 valence electrons. The molecule has 0 aromatic carbocycles. The number of nitriles is 1. The van der Waals surface area contributed by atoms with Crippen LogP contribution >= 0.6 is 0 Å². The summed E-state index contributed by atoms with van der Waals surface area (Å²) in [6.45, 7) is 4.68. The summed E-state index contributed by atoms with van der Waals surface area (Å²) in [6.07, 6.45) is -0.462. The van der Waals surface area contributed by atoms with Gasteiger partial charge in [0.2, 0.25) is 0 Å². The third-order valence-corrected chi connectivity index (χ3v) is 0.670. The quantitative estimate of drug-likeness (QED) is 0.571. The lowest BCUT2D eigenvalue weighted by Crippen LogP contribution is -2.14. The van der Waals surface area contributed by atoms with Gasteiger partial charge in [-0.2, -0.15) is 5.26 Å². The Morgan fingerprint density at radius 3 is 2.36 bits per heavy atom. The number of rotatable bonds is 3. The topological polar surface area (TPSA) is 59.3 Å². The Kier molecular flexibility index (Phi) is 4.23. The normalized spacial score (nSPS) is 9.82. The summed E-state index contributed by atoms with van der Waals surface area (Å²) in [5.41, 5.74) is 0. The van der Waals surface area contributed by atoms with E-state index in [-0.39, 0.29) is 12.4 Å². The average Bonchev–Trinajstić information content (AvgIpc) is 1.84. The first-order valence-corrected chi connectivity index (χ1v) is 3.18. The Labute approximate surface area is 65.7 Å². The summed E-state index contributed by atoms with van der Waals surface area (Å²) in [6, 6.07) is 1.62. The van der Waals surface area contributed by atoms with Crippen molar-refractivity contribution in [1.82, 2.24) is 0 Å². The Bertz CT molecular complexity index is 171. The molecule has 0 spiro atoms. The van der Waals surface area contributed by atoms with Gasteiger partial charge in [0.15, 0.2) is 6.07 Å². The minimum absolute atomic E-state index is 0.163. The van der Waals surface area contributed by atoms with Crippen LogP contribution in [0.15, 0.2) is 0 Å². The van der Waals surface area contributed by atoms with Gasteiger partial charge in [0.1, 0.15) is 0 Å². The predicted octanol–water partition coefficient (Wildman–Crippen LogP) is 0.988. The van der Waals surface area contributed by atoms with Gasteiger partial charge >= 0.3 is 12.3 Å². The molecular weight excluding hydrogens is 146 g/mol. The van der Waals surface area contributed by atoms with E-state index in [9.17, 15) is 4.79 Å². The zero-order chi connectivity index (χ0) is 8.85. The van der Waals surface area contributed by atoms with Crippen LogP contribution in [0.4, 0.5) is 0 Å². The Balaban J connectivity index is 3.79. The standard InChI is InChI=1S/C7H10NO3/c1-5(2)10-7(4-8)11-6(3)9/h5H,1-3H3. The number of ether oxygens (including phenoxy) is 2. The zero-order valence-corrected chi connectivity index (χ0v) is 6.75. The fourth-order valence-corrected chi connectivity index (χ4v) is 0.418. The molecule has 0 bridgehead atoms. The molecule has 0 saturated heterocycles. The van der Waals surface area contributed by atoms with Crippen molar-refractivity contribution in [2.24, 2.45) is 0 Å². The van der Waals surface area contributed by atoms with Crippen molar-refractivity contribution in [2.75, 3.05) is 0 Å². The van der Waals surface area contributed by atoms with E-state index in [1.807, 2.05) is 0 Å². The molecule has 0 aliphatic rings. The first-order chi connectivity index (χ1) is 5.06. The molecule has 0 rings (SSSR count). The summed E-state index contributed by atoms with van der Waals surface area (Å²) in [4.78, 5) is 10.3. The van der Waals surface area contributed by atoms with Crippen LogP contribution in [-0.2, 0) is 14.3 Å². The molecule has 0 aliphatic heterocycles. The van der Waals surface area contributed by atoms with Crippen molar-refractivity contribution in [3.8, 4) is 6.07 Å². The van der Waals surface area contributed by atoms with Crippen molar-refractivity contribution in [3.63, 3.8) is 0 Å². The summed E-state index contributed by atoms with van der Waals surface area (Å²) in [7, 11) is 0. The Hall–Kier alpha value is -1.08. The molecule has 0 unspecified atom stereocenters. The lowest BCUT2D eigenvalue weighted by molar-refractivity contribution is -0.149. The maximum Gasteiger partial charge on any atom is 0.386 e. The number of esters is 1. The molecule has 4 heteroatoms. The number of nitrogens with zero attached hydrogens (tertiary/aromatic N) is 1. The molecule has 0 aliphatic carbocycles. The second-order valence-corrected chi connectivity index (χ2v) is 2.16. The minimum Gasteiger partial charge on any atom is -0.412 e. The van der Waals surface area contributed by atoms with Crippen molar-refractivity contribution >= 4 is 5.97 Å². The van der Waals surface area contributed by atoms with Gasteiger partial charge in [-0.05, 0) is 13.8 Å². The fraction of sp³-hybridized carbons (Fsp3) is 0.571. The third kappa shape index (κ3) is 5.37. The van der Waals surface area contributed by atoms with Crippen molar-refractivity contribution in [2.45, 2.75) is 26.9 Å². The lowest BCUT2D eigenvalue weighted by atomic mass is 10.5. The monoisotopic (exact) mass is 156 g/mol. The van der Waals surface area contributed by atoms with Gasteiger partial charge in [0, 0.05) is 6.92 Å². The van der Waals surface area contributed by atoms with Crippen molar-refractivity contribution in [3.05, 3.63) is 6.29 Å². The van der Waals surface area contributed by atoms with Crippen LogP contribution in [-0.4, -0.2) is 12.1 Å². The average molecular weight is 156 g/mol. The van der Waals surface area contributed by atoms with Crippen LogP contribution in [0.5, 0.6) is 0 Å². The maximum atomic E-state index is 10.3. The van der Waals surface area contributed by atoms with E-state index >= 15 is 0 Å². The van der Waals surface area contributed by atoms with E-state index in [1.54, 1.807) is 19.9 Å². The largest absolute Gasteiger partial charge is 0.412 e. The van der Waals surface area contributed by atoms with Gasteiger partial charge in [-0.1, -0.05) is 0 Å². The highest BCUT2D eigenvalue weighted by atomic mass is 16.7. The van der Waals surface area contributed by atoms with Gasteiger partial charge in [-0.25, -0.2) is 0 Å². The van der Waals surface area contributed by atoms with E-state index in [1.165, 1.54) is 6.92 Å². The van der Waals surface area contributed by atoms with Gasteiger partial charge in [0.25, 0.3) is 0 Å². The maximum absolute atomic E-state index is 10.3. The van der Waals surface area contributed by atoms with Crippen LogP contribution in [0.2, 0.25) is 0 Å². The Morgan fingerprint density at radius 1 is 1.55 bits per heavy atom. The van der Waals surface area contributed by atoms with Gasteiger partial charge in [0.05, 0.1) is 6.10 Å². The first-order valence-electron chi connectivity index (χ1n) is 3.18. The van der Waals surface area contributed by atoms with Gasteiger partial charge < -0.3 is 9.47 Å². The van der Waals surface area contributed by atoms with E-state index in [0.29, 0.717) is 0 Å². The van der Waals surface area contributed by atoms with Crippen molar-refractivity contribution < 1.29 is 14.3 Å². The minimum atomic E-state index is -0.554. The lowest BCUT2D eigenvalue weighted by Gasteiger charge is -2.09. The summed E-state index contributed by atoms with van der Waals surface area (Å²) < 4.78 is 9.23. The molecule has 4 nitrogen and oxygen atoms in total. The predicted molar refractivity (Wildman–Crippen MR) is 36.8 cm³/mol. The molecule has 11 heavy (non-hydrogen) atoms. The number of hydrogen-bond donors (Lipinski definition) is 0. The van der Waals surface area contributed by atoms with E-state index in [0.717, 1.165) is 0 Å². The second kappa shape index (κ2) is 4.69. The zero-order valence-electron chi connectivity index (χ0n) is 6.75. The molecule has 0 saturated carbocycles. The smallest absolute Gasteiger partial charge is 0.386 e. The van der Waals surface area contributed by atoms with E-state index in [2.05, 4.69) is 4.74 Å². The second-order valence-electron chi connectivity index (χ2n) is 2.16. The molecule has 0 fully saturated rings. The number of carbonyl (C=O) groups excluding carboxylic acids is 1. The van der Waals surface area contributed by atoms with Crippen molar-refractivity contribution in [1.29, 1.82) is 5.26 Å². The first kappa shape index (κ1) is 9.92. The molecule has 0 atom stereocenters. The third-order valence-electron chi connectivity index (χ3n) is 0.670. The summed E-state index contributed by atoms with van der Waals surface area (Å²) in [5, 5.41) is 8.33. The molecule has 0 aromatic rings. The number of carbonyl (C=O) groups is 1. The SMILES string of the molecule is CC(=O)O[C](C#N)OC(C)C. The van der Waals surface area contributed by atoms with Gasteiger partial charge in [-0.15, -0.1) is 0 Å². The molecule has 0 heterocycles. The highest BCUT2D eigenvalue weighted by molar-refractivity contribution is 5.67.